The second-order valence-electron chi connectivity index (χ2n) is 4.09. The van der Waals surface area contributed by atoms with Crippen LogP contribution < -0.4 is 11.1 Å². The molecule has 8 heteroatoms. The third-order valence-electron chi connectivity index (χ3n) is 2.56. The summed E-state index contributed by atoms with van der Waals surface area (Å²) in [5, 5.41) is 3.25. The Kier molecular flexibility index (Phi) is 3.27. The molecule has 0 saturated carbocycles. The third kappa shape index (κ3) is 2.90. The highest BCUT2D eigenvalue weighted by atomic mass is 32.2. The zero-order chi connectivity index (χ0) is 14.2. The molecule has 1 aliphatic heterocycles. The molecule has 1 amide bonds. The molecular weight excluding hydrogens is 278 g/mol. The maximum absolute atomic E-state index is 13.6. The van der Waals surface area contributed by atoms with Crippen molar-refractivity contribution in [3.8, 4) is 0 Å². The first kappa shape index (κ1) is 13.5. The van der Waals surface area contributed by atoms with Crippen LogP contribution in [0.25, 0.3) is 0 Å². The molecule has 0 aromatic heterocycles. The Bertz CT molecular complexity index is 671. The van der Waals surface area contributed by atoms with Crippen molar-refractivity contribution in [1.29, 1.82) is 0 Å². The van der Waals surface area contributed by atoms with E-state index in [-0.39, 0.29) is 5.75 Å². The highest BCUT2D eigenvalue weighted by Crippen LogP contribution is 2.18. The van der Waals surface area contributed by atoms with Gasteiger partial charge < -0.3 is 11.1 Å². The predicted octanol–water partition coefficient (Wildman–Crippen LogP) is 0.588. The summed E-state index contributed by atoms with van der Waals surface area (Å²) < 4.78 is 48.9. The maximum Gasteiger partial charge on any atom is 0.254 e. The molecular formula is C11H10F2N2O3S. The second-order valence-corrected chi connectivity index (χ2v) is 6.03. The highest BCUT2D eigenvalue weighted by Gasteiger charge is 2.25. The number of nitrogen functional groups attached to an aromatic ring is 1. The zero-order valence-electron chi connectivity index (χ0n) is 9.56. The van der Waals surface area contributed by atoms with Crippen molar-refractivity contribution in [3.63, 3.8) is 0 Å². The molecule has 0 saturated heterocycles. The van der Waals surface area contributed by atoms with E-state index in [4.69, 9.17) is 5.73 Å². The first-order valence-electron chi connectivity index (χ1n) is 5.25. The van der Waals surface area contributed by atoms with Gasteiger partial charge in [-0.25, -0.2) is 17.2 Å². The van der Waals surface area contributed by atoms with E-state index in [1.165, 1.54) is 6.08 Å². The minimum Gasteiger partial charge on any atom is -0.396 e. The number of hydrogen-bond donors (Lipinski definition) is 2. The SMILES string of the molecule is Nc1cc(F)cc(C(=O)NC2C=CS(=O)(=O)C2)c1F. The number of amides is 1. The van der Waals surface area contributed by atoms with E-state index in [9.17, 15) is 22.0 Å². The molecule has 5 nitrogen and oxygen atoms in total. The first-order chi connectivity index (χ1) is 8.78. The summed E-state index contributed by atoms with van der Waals surface area (Å²) in [4.78, 5) is 11.7. The van der Waals surface area contributed by atoms with Crippen molar-refractivity contribution >= 4 is 21.4 Å². The molecule has 19 heavy (non-hydrogen) atoms. The lowest BCUT2D eigenvalue weighted by atomic mass is 10.1. The number of sulfone groups is 1. The summed E-state index contributed by atoms with van der Waals surface area (Å²) in [6, 6.07) is 0.696. The lowest BCUT2D eigenvalue weighted by Crippen LogP contribution is -2.36. The Balaban J connectivity index is 2.20. The van der Waals surface area contributed by atoms with E-state index in [2.05, 4.69) is 5.32 Å². The van der Waals surface area contributed by atoms with Crippen molar-refractivity contribution in [1.82, 2.24) is 5.32 Å². The van der Waals surface area contributed by atoms with Gasteiger partial charge >= 0.3 is 0 Å². The number of carbonyl (C=O) groups excluding carboxylic acids is 1. The molecule has 0 aliphatic carbocycles. The second kappa shape index (κ2) is 4.61. The van der Waals surface area contributed by atoms with Gasteiger partial charge in [0.15, 0.2) is 15.7 Å². The summed E-state index contributed by atoms with van der Waals surface area (Å²) in [7, 11) is -3.34. The quantitative estimate of drug-likeness (QED) is 0.779. The molecule has 1 aromatic carbocycles. The van der Waals surface area contributed by atoms with E-state index in [1.807, 2.05) is 0 Å². The minimum atomic E-state index is -3.34. The van der Waals surface area contributed by atoms with E-state index in [0.717, 1.165) is 11.5 Å². The fourth-order valence-electron chi connectivity index (χ4n) is 1.69. The van der Waals surface area contributed by atoms with Crippen molar-refractivity contribution in [2.45, 2.75) is 6.04 Å². The van der Waals surface area contributed by atoms with Crippen LogP contribution >= 0.6 is 0 Å². The van der Waals surface area contributed by atoms with Crippen molar-refractivity contribution in [2.24, 2.45) is 0 Å². The maximum atomic E-state index is 13.6. The van der Waals surface area contributed by atoms with Crippen molar-refractivity contribution in [3.05, 3.63) is 40.8 Å². The summed E-state index contributed by atoms with van der Waals surface area (Å²) in [6.45, 7) is 0. The smallest absolute Gasteiger partial charge is 0.254 e. The average molecular weight is 288 g/mol. The topological polar surface area (TPSA) is 89.3 Å². The highest BCUT2D eigenvalue weighted by molar-refractivity contribution is 7.94. The minimum absolute atomic E-state index is 0.300. The van der Waals surface area contributed by atoms with Crippen molar-refractivity contribution < 1.29 is 22.0 Å². The molecule has 0 spiro atoms. The molecule has 1 aromatic rings. The summed E-state index contributed by atoms with van der Waals surface area (Å²) in [6.07, 6.45) is 1.27. The van der Waals surface area contributed by atoms with Crippen LogP contribution in [0.5, 0.6) is 0 Å². The normalized spacial score (nSPS) is 20.4. The van der Waals surface area contributed by atoms with Crippen LogP contribution in [0.15, 0.2) is 23.6 Å². The van der Waals surface area contributed by atoms with Gasteiger partial charge in [-0.3, -0.25) is 4.79 Å². The Morgan fingerprint density at radius 1 is 1.37 bits per heavy atom. The van der Waals surface area contributed by atoms with Crippen LogP contribution in [-0.2, 0) is 9.84 Å². The van der Waals surface area contributed by atoms with Gasteiger partial charge in [-0.2, -0.15) is 0 Å². The molecule has 1 unspecified atom stereocenters. The molecule has 2 rings (SSSR count). The van der Waals surface area contributed by atoms with Crippen LogP contribution in [0.2, 0.25) is 0 Å². The number of nitrogens with two attached hydrogens (primary N) is 1. The molecule has 3 N–H and O–H groups in total. The first-order valence-corrected chi connectivity index (χ1v) is 6.96. The lowest BCUT2D eigenvalue weighted by molar-refractivity contribution is 0.0943. The van der Waals surface area contributed by atoms with E-state index in [1.54, 1.807) is 0 Å². The predicted molar refractivity (Wildman–Crippen MR) is 65.0 cm³/mol. The van der Waals surface area contributed by atoms with Gasteiger partial charge in [-0.15, -0.1) is 0 Å². The number of anilines is 1. The van der Waals surface area contributed by atoms with Gasteiger partial charge in [0.25, 0.3) is 5.91 Å². The number of carbonyl (C=O) groups is 1. The summed E-state index contributed by atoms with van der Waals surface area (Å²) in [5.41, 5.74) is 4.16. The number of benzene rings is 1. The van der Waals surface area contributed by atoms with Crippen LogP contribution in [0.4, 0.5) is 14.5 Å². The standard InChI is InChI=1S/C11H10F2N2O3S/c12-6-3-8(10(13)9(14)4-6)11(16)15-7-1-2-19(17,18)5-7/h1-4,7H,5,14H2,(H,15,16). The molecule has 1 atom stereocenters. The molecule has 1 aliphatic rings. The Morgan fingerprint density at radius 2 is 2.05 bits per heavy atom. The Labute approximate surface area is 108 Å². The lowest BCUT2D eigenvalue weighted by Gasteiger charge is -2.11. The zero-order valence-corrected chi connectivity index (χ0v) is 10.4. The van der Waals surface area contributed by atoms with Crippen LogP contribution in [-0.4, -0.2) is 26.1 Å². The Morgan fingerprint density at radius 3 is 2.63 bits per heavy atom. The molecule has 102 valence electrons. The largest absolute Gasteiger partial charge is 0.396 e. The van der Waals surface area contributed by atoms with Gasteiger partial charge in [0.1, 0.15) is 5.82 Å². The van der Waals surface area contributed by atoms with E-state index in [0.29, 0.717) is 6.07 Å². The number of halogens is 2. The van der Waals surface area contributed by atoms with E-state index < -0.39 is 44.7 Å². The summed E-state index contributed by atoms with van der Waals surface area (Å²) in [5.74, 6) is -3.11. The Hall–Kier alpha value is -1.96. The average Bonchev–Trinajstić information content (AvgIpc) is 2.63. The van der Waals surface area contributed by atoms with Crippen molar-refractivity contribution in [2.75, 3.05) is 11.5 Å². The van der Waals surface area contributed by atoms with Crippen LogP contribution in [0.1, 0.15) is 10.4 Å². The fourth-order valence-corrected chi connectivity index (χ4v) is 2.92. The number of hydrogen-bond acceptors (Lipinski definition) is 4. The molecule has 0 fully saturated rings. The van der Waals surface area contributed by atoms with Gasteiger partial charge in [-0.05, 0) is 18.2 Å². The van der Waals surface area contributed by atoms with Gasteiger partial charge in [0.2, 0.25) is 0 Å². The summed E-state index contributed by atoms with van der Waals surface area (Å²) >= 11 is 0. The van der Waals surface area contributed by atoms with Crippen LogP contribution in [0, 0.1) is 11.6 Å². The van der Waals surface area contributed by atoms with E-state index >= 15 is 0 Å². The molecule has 0 radical (unpaired) electrons. The van der Waals surface area contributed by atoms with Crippen LogP contribution in [0.3, 0.4) is 0 Å². The monoisotopic (exact) mass is 288 g/mol. The number of nitrogens with one attached hydrogen (secondary N) is 1. The van der Waals surface area contributed by atoms with Gasteiger partial charge in [0, 0.05) is 5.41 Å². The fraction of sp³-hybridized carbons (Fsp3) is 0.182. The molecule has 0 bridgehead atoms. The number of rotatable bonds is 2. The van der Waals surface area contributed by atoms with Gasteiger partial charge in [-0.1, -0.05) is 0 Å². The van der Waals surface area contributed by atoms with Gasteiger partial charge in [0.05, 0.1) is 23.0 Å². The molecule has 1 heterocycles. The third-order valence-corrected chi connectivity index (χ3v) is 3.95.